The molecule has 0 radical (unpaired) electrons. The van der Waals surface area contributed by atoms with Crippen LogP contribution in [0.15, 0.2) is 4.99 Å². The average Bonchev–Trinajstić information content (AvgIpc) is 2.96. The van der Waals surface area contributed by atoms with Gasteiger partial charge in [-0.25, -0.2) is 0 Å². The van der Waals surface area contributed by atoms with Gasteiger partial charge in [0.15, 0.2) is 5.17 Å². The summed E-state index contributed by atoms with van der Waals surface area (Å²) in [5, 5.41) is 3.61. The Morgan fingerprint density at radius 2 is 2.16 bits per heavy atom. The number of carbonyl (C=O) groups excluding carboxylic acids is 2. The van der Waals surface area contributed by atoms with Crippen LogP contribution in [0, 0.1) is 0 Å². The molecule has 0 aromatic heterocycles. The standard InChI is InChI=1S/C13H19N3O2S/c17-11(15-9-4-2-1-3-5-9)8-10-12(18)16-7-6-14-13(16)19-10/h9-10H,1-8H2,(H,15,17)/t10-/m1/s1. The lowest BCUT2D eigenvalue weighted by atomic mass is 9.95. The van der Waals surface area contributed by atoms with Crippen molar-refractivity contribution in [3.05, 3.63) is 0 Å². The molecule has 1 N–H and O–H groups in total. The van der Waals surface area contributed by atoms with E-state index in [0.717, 1.165) is 18.0 Å². The molecule has 3 aliphatic rings. The number of carbonyl (C=O) groups is 2. The van der Waals surface area contributed by atoms with Crippen molar-refractivity contribution in [2.45, 2.75) is 49.8 Å². The fourth-order valence-corrected chi connectivity index (χ4v) is 4.11. The van der Waals surface area contributed by atoms with Gasteiger partial charge in [-0.2, -0.15) is 0 Å². The van der Waals surface area contributed by atoms with Crippen LogP contribution in [0.1, 0.15) is 38.5 Å². The number of nitrogens with zero attached hydrogens (tertiary/aromatic N) is 2. The van der Waals surface area contributed by atoms with E-state index < -0.39 is 0 Å². The van der Waals surface area contributed by atoms with E-state index in [1.807, 2.05) is 0 Å². The van der Waals surface area contributed by atoms with Crippen molar-refractivity contribution in [1.82, 2.24) is 10.2 Å². The number of hydrogen-bond donors (Lipinski definition) is 1. The molecule has 2 fully saturated rings. The second-order valence-corrected chi connectivity index (χ2v) is 6.54. The second kappa shape index (κ2) is 5.53. The van der Waals surface area contributed by atoms with Crippen molar-refractivity contribution in [1.29, 1.82) is 0 Å². The Kier molecular flexibility index (Phi) is 3.77. The molecule has 1 atom stereocenters. The number of nitrogens with one attached hydrogen (secondary N) is 1. The Morgan fingerprint density at radius 3 is 2.89 bits per heavy atom. The lowest BCUT2D eigenvalue weighted by molar-refractivity contribution is -0.129. The molecular formula is C13H19N3O2S. The molecule has 104 valence electrons. The molecular weight excluding hydrogens is 262 g/mol. The molecule has 2 aliphatic heterocycles. The average molecular weight is 281 g/mol. The fraction of sp³-hybridized carbons (Fsp3) is 0.769. The van der Waals surface area contributed by atoms with Crippen molar-refractivity contribution < 1.29 is 9.59 Å². The van der Waals surface area contributed by atoms with E-state index in [1.165, 1.54) is 31.0 Å². The van der Waals surface area contributed by atoms with Crippen LogP contribution >= 0.6 is 11.8 Å². The van der Waals surface area contributed by atoms with Crippen LogP contribution in [0.5, 0.6) is 0 Å². The van der Waals surface area contributed by atoms with Gasteiger partial charge in [0, 0.05) is 19.0 Å². The highest BCUT2D eigenvalue weighted by Crippen LogP contribution is 2.31. The monoisotopic (exact) mass is 281 g/mol. The quantitative estimate of drug-likeness (QED) is 0.844. The van der Waals surface area contributed by atoms with Crippen LogP contribution in [0.4, 0.5) is 0 Å². The van der Waals surface area contributed by atoms with E-state index in [9.17, 15) is 9.59 Å². The summed E-state index contributed by atoms with van der Waals surface area (Å²) in [5.41, 5.74) is 0. The Bertz CT molecular complexity index is 418. The molecule has 0 aromatic rings. The predicted octanol–water partition coefficient (Wildman–Crippen LogP) is 1.14. The normalized spacial score (nSPS) is 27.4. The van der Waals surface area contributed by atoms with Crippen LogP contribution in [-0.4, -0.2) is 46.3 Å². The minimum Gasteiger partial charge on any atom is -0.353 e. The number of aliphatic imine (C=N–C) groups is 1. The van der Waals surface area contributed by atoms with Crippen molar-refractivity contribution in [3.8, 4) is 0 Å². The van der Waals surface area contributed by atoms with Gasteiger partial charge >= 0.3 is 0 Å². The first-order valence-corrected chi connectivity index (χ1v) is 7.94. The van der Waals surface area contributed by atoms with E-state index in [0.29, 0.717) is 19.1 Å². The first-order chi connectivity index (χ1) is 9.24. The maximum absolute atomic E-state index is 12.1. The summed E-state index contributed by atoms with van der Waals surface area (Å²) in [7, 11) is 0. The summed E-state index contributed by atoms with van der Waals surface area (Å²) in [6.45, 7) is 1.39. The van der Waals surface area contributed by atoms with Crippen LogP contribution in [-0.2, 0) is 9.59 Å². The van der Waals surface area contributed by atoms with Gasteiger partial charge in [0.05, 0.1) is 6.54 Å². The van der Waals surface area contributed by atoms with Crippen LogP contribution < -0.4 is 5.32 Å². The number of amides is 2. The minimum absolute atomic E-state index is 0.0134. The summed E-state index contributed by atoms with van der Waals surface area (Å²) in [4.78, 5) is 30.0. The topological polar surface area (TPSA) is 61.8 Å². The molecule has 1 saturated heterocycles. The molecule has 0 aromatic carbocycles. The molecule has 0 bridgehead atoms. The highest BCUT2D eigenvalue weighted by molar-refractivity contribution is 8.15. The molecule has 19 heavy (non-hydrogen) atoms. The van der Waals surface area contributed by atoms with E-state index in [1.54, 1.807) is 4.90 Å². The zero-order valence-corrected chi connectivity index (χ0v) is 11.7. The predicted molar refractivity (Wildman–Crippen MR) is 75.0 cm³/mol. The number of hydrogen-bond acceptors (Lipinski definition) is 4. The van der Waals surface area contributed by atoms with Crippen molar-refractivity contribution in [2.24, 2.45) is 4.99 Å². The highest BCUT2D eigenvalue weighted by Gasteiger charge is 2.40. The van der Waals surface area contributed by atoms with Gasteiger partial charge < -0.3 is 5.32 Å². The van der Waals surface area contributed by atoms with Gasteiger partial charge in [0.25, 0.3) is 0 Å². The zero-order valence-electron chi connectivity index (χ0n) is 10.9. The SMILES string of the molecule is O=C(C[C@H]1SC2=NCCN2C1=O)NC1CCCCC1. The van der Waals surface area contributed by atoms with Crippen LogP contribution in [0.25, 0.3) is 0 Å². The first kappa shape index (κ1) is 13.0. The van der Waals surface area contributed by atoms with Gasteiger partial charge in [-0.05, 0) is 12.8 Å². The second-order valence-electron chi connectivity index (χ2n) is 5.37. The van der Waals surface area contributed by atoms with Crippen molar-refractivity contribution in [2.75, 3.05) is 13.1 Å². The number of rotatable bonds is 3. The Labute approximate surface area is 117 Å². The summed E-state index contributed by atoms with van der Waals surface area (Å²) < 4.78 is 0. The third-order valence-electron chi connectivity index (χ3n) is 3.93. The lowest BCUT2D eigenvalue weighted by Crippen LogP contribution is -2.39. The van der Waals surface area contributed by atoms with Gasteiger partial charge in [-0.1, -0.05) is 31.0 Å². The van der Waals surface area contributed by atoms with Crippen LogP contribution in [0.3, 0.4) is 0 Å². The molecule has 5 nitrogen and oxygen atoms in total. The molecule has 6 heteroatoms. The van der Waals surface area contributed by atoms with Gasteiger partial charge in [0.2, 0.25) is 11.8 Å². The van der Waals surface area contributed by atoms with Crippen molar-refractivity contribution in [3.63, 3.8) is 0 Å². The molecule has 1 aliphatic carbocycles. The maximum Gasteiger partial charge on any atom is 0.242 e. The lowest BCUT2D eigenvalue weighted by Gasteiger charge is -2.23. The van der Waals surface area contributed by atoms with E-state index in [-0.39, 0.29) is 23.5 Å². The van der Waals surface area contributed by atoms with Crippen molar-refractivity contribution >= 4 is 28.7 Å². The molecule has 1 saturated carbocycles. The van der Waals surface area contributed by atoms with Gasteiger partial charge in [-0.3, -0.25) is 19.5 Å². The Balaban J connectivity index is 1.51. The van der Waals surface area contributed by atoms with Gasteiger partial charge in [-0.15, -0.1) is 0 Å². The maximum atomic E-state index is 12.1. The molecule has 2 heterocycles. The summed E-state index contributed by atoms with van der Waals surface area (Å²) >= 11 is 1.45. The Hall–Kier alpha value is -1.04. The van der Waals surface area contributed by atoms with E-state index in [4.69, 9.17) is 0 Å². The third-order valence-corrected chi connectivity index (χ3v) is 5.14. The number of thioether (sulfide) groups is 1. The summed E-state index contributed by atoms with van der Waals surface area (Å²) in [5.74, 6) is 0.0690. The highest BCUT2D eigenvalue weighted by atomic mass is 32.2. The Morgan fingerprint density at radius 1 is 1.37 bits per heavy atom. The fourth-order valence-electron chi connectivity index (χ4n) is 2.91. The minimum atomic E-state index is -0.261. The largest absolute Gasteiger partial charge is 0.353 e. The molecule has 3 rings (SSSR count). The molecule has 0 spiro atoms. The summed E-state index contributed by atoms with van der Waals surface area (Å²) in [6.07, 6.45) is 6.12. The van der Waals surface area contributed by atoms with Crippen LogP contribution in [0.2, 0.25) is 0 Å². The zero-order chi connectivity index (χ0) is 13.2. The number of fused-ring (bicyclic) bond motifs is 1. The summed E-state index contributed by atoms with van der Waals surface area (Å²) in [6, 6.07) is 0.319. The van der Waals surface area contributed by atoms with Gasteiger partial charge in [0.1, 0.15) is 5.25 Å². The van der Waals surface area contributed by atoms with E-state index >= 15 is 0 Å². The third kappa shape index (κ3) is 2.78. The number of amidine groups is 1. The van der Waals surface area contributed by atoms with E-state index in [2.05, 4.69) is 10.3 Å². The molecule has 0 unspecified atom stereocenters. The smallest absolute Gasteiger partial charge is 0.242 e. The molecule has 2 amide bonds. The first-order valence-electron chi connectivity index (χ1n) is 7.06.